The van der Waals surface area contributed by atoms with E-state index in [1.54, 1.807) is 32.9 Å². The van der Waals surface area contributed by atoms with E-state index in [2.05, 4.69) is 22.0 Å². The van der Waals surface area contributed by atoms with Gasteiger partial charge < -0.3 is 9.47 Å². The van der Waals surface area contributed by atoms with Gasteiger partial charge in [0.15, 0.2) is 0 Å². The second-order valence-corrected chi connectivity index (χ2v) is 14.4. The van der Waals surface area contributed by atoms with E-state index in [9.17, 15) is 24.4 Å². The molecule has 0 saturated carbocycles. The zero-order valence-electron chi connectivity index (χ0n) is 25.3. The highest BCUT2D eigenvalue weighted by molar-refractivity contribution is 9.10. The summed E-state index contributed by atoms with van der Waals surface area (Å²) in [7, 11) is 0. The molecule has 2 fully saturated rings. The number of nitrogens with zero attached hydrogens (tertiary/aromatic N) is 3. The molecule has 0 radical (unpaired) electrons. The molecule has 0 spiro atoms. The average Bonchev–Trinajstić information content (AvgIpc) is 3.59. The number of carbonyl (C=O) groups is 4. The first kappa shape index (κ1) is 30.7. The van der Waals surface area contributed by atoms with Crippen LogP contribution in [0.4, 0.5) is 9.59 Å². The number of nitriles is 1. The Kier molecular flexibility index (Phi) is 7.93. The highest BCUT2D eigenvalue weighted by Gasteiger charge is 2.51. The zero-order chi connectivity index (χ0) is 31.4. The van der Waals surface area contributed by atoms with Gasteiger partial charge in [0.1, 0.15) is 11.2 Å². The summed E-state index contributed by atoms with van der Waals surface area (Å²) in [5.74, 6) is -0.120. The second-order valence-electron chi connectivity index (χ2n) is 13.5. The molecule has 4 aliphatic rings. The van der Waals surface area contributed by atoms with Gasteiger partial charge in [0.25, 0.3) is 0 Å². The van der Waals surface area contributed by atoms with Gasteiger partial charge in [0.2, 0.25) is 11.8 Å². The molecule has 6 rings (SSSR count). The van der Waals surface area contributed by atoms with E-state index in [1.165, 1.54) is 15.4 Å². The van der Waals surface area contributed by atoms with Gasteiger partial charge in [0, 0.05) is 17.3 Å². The Morgan fingerprint density at radius 2 is 1.21 bits per heavy atom. The Bertz CT molecular complexity index is 1550. The van der Waals surface area contributed by atoms with Gasteiger partial charge in [0.05, 0.1) is 23.7 Å². The van der Waals surface area contributed by atoms with Gasteiger partial charge in [-0.15, -0.1) is 0 Å². The van der Waals surface area contributed by atoms with Gasteiger partial charge in [-0.2, -0.15) is 5.26 Å². The van der Waals surface area contributed by atoms with Crippen molar-refractivity contribution in [3.63, 3.8) is 0 Å². The summed E-state index contributed by atoms with van der Waals surface area (Å²) < 4.78 is 11.8. The van der Waals surface area contributed by atoms with E-state index < -0.39 is 23.4 Å². The first-order valence-corrected chi connectivity index (χ1v) is 15.3. The molecule has 2 heterocycles. The van der Waals surface area contributed by atoms with Crippen molar-refractivity contribution in [2.24, 2.45) is 11.8 Å². The lowest BCUT2D eigenvalue weighted by Crippen LogP contribution is -2.39. The molecule has 2 aromatic rings. The number of hydrogen-bond acceptors (Lipinski definition) is 7. The third kappa shape index (κ3) is 5.92. The fourth-order valence-electron chi connectivity index (χ4n) is 6.61. The number of benzene rings is 2. The minimum Gasteiger partial charge on any atom is -0.443 e. The number of likely N-dealkylation sites (tertiary alicyclic amines) is 2. The van der Waals surface area contributed by atoms with E-state index in [-0.39, 0.29) is 35.7 Å². The van der Waals surface area contributed by atoms with Crippen molar-refractivity contribution < 1.29 is 28.7 Å². The first-order valence-electron chi connectivity index (χ1n) is 14.5. The molecule has 4 amide bonds. The third-order valence-corrected chi connectivity index (χ3v) is 8.84. The number of hydrogen-bond donors (Lipinski definition) is 0. The predicted octanol–water partition coefficient (Wildman–Crippen LogP) is 6.77. The molecule has 10 heteroatoms. The maximum atomic E-state index is 12.4. The molecule has 226 valence electrons. The summed E-state index contributed by atoms with van der Waals surface area (Å²) in [4.78, 5) is 51.8. The van der Waals surface area contributed by atoms with Crippen LogP contribution in [0.2, 0.25) is 0 Å². The van der Waals surface area contributed by atoms with Crippen LogP contribution >= 0.6 is 15.9 Å². The lowest BCUT2D eigenvalue weighted by molar-refractivity contribution is -0.129. The van der Waals surface area contributed by atoms with Crippen LogP contribution in [0.3, 0.4) is 0 Å². The van der Waals surface area contributed by atoms with Crippen molar-refractivity contribution in [2.45, 2.75) is 90.5 Å². The summed E-state index contributed by atoms with van der Waals surface area (Å²) in [5, 5.41) is 9.22. The van der Waals surface area contributed by atoms with E-state index in [4.69, 9.17) is 9.47 Å². The summed E-state index contributed by atoms with van der Waals surface area (Å²) in [5.41, 5.74) is 3.50. The van der Waals surface area contributed by atoms with Gasteiger partial charge in [-0.05, 0) is 101 Å². The molecule has 2 aliphatic heterocycles. The minimum absolute atomic E-state index is 0.0459. The average molecular weight is 651 g/mol. The first-order chi connectivity index (χ1) is 20.1. The van der Waals surface area contributed by atoms with Gasteiger partial charge in [-0.25, -0.2) is 19.4 Å². The molecule has 0 bridgehead atoms. The molecule has 2 aromatic carbocycles. The maximum absolute atomic E-state index is 12.4. The largest absolute Gasteiger partial charge is 0.443 e. The lowest BCUT2D eigenvalue weighted by atomic mass is 10.0. The Balaban J connectivity index is 0.000000171. The summed E-state index contributed by atoms with van der Waals surface area (Å²) in [6.45, 7) is 10.8. The van der Waals surface area contributed by atoms with Crippen LogP contribution in [0.25, 0.3) is 0 Å². The number of halogens is 1. The minimum atomic E-state index is -0.647. The molecule has 4 atom stereocenters. The van der Waals surface area contributed by atoms with E-state index in [1.807, 2.05) is 45.0 Å². The van der Waals surface area contributed by atoms with Crippen LogP contribution < -0.4 is 0 Å². The summed E-state index contributed by atoms with van der Waals surface area (Å²) in [6, 6.07) is 13.1. The highest BCUT2D eigenvalue weighted by Crippen LogP contribution is 2.50. The summed E-state index contributed by atoms with van der Waals surface area (Å²) in [6.07, 6.45) is 1.09. The zero-order valence-corrected chi connectivity index (χ0v) is 26.9. The molecular formula is C33H36BrN3O6. The van der Waals surface area contributed by atoms with Crippen LogP contribution in [0.1, 0.15) is 94.3 Å². The van der Waals surface area contributed by atoms with Crippen molar-refractivity contribution in [3.8, 4) is 6.07 Å². The number of imide groups is 2. The lowest BCUT2D eigenvalue weighted by Gasteiger charge is -2.27. The topological polar surface area (TPSA) is 117 Å². The van der Waals surface area contributed by atoms with E-state index in [0.29, 0.717) is 24.8 Å². The van der Waals surface area contributed by atoms with Crippen molar-refractivity contribution >= 4 is 39.9 Å². The van der Waals surface area contributed by atoms with Crippen LogP contribution in [0.15, 0.2) is 40.9 Å². The van der Waals surface area contributed by atoms with Crippen LogP contribution in [-0.2, 0) is 31.9 Å². The Labute approximate surface area is 260 Å². The van der Waals surface area contributed by atoms with E-state index >= 15 is 0 Å². The molecular weight excluding hydrogens is 614 g/mol. The van der Waals surface area contributed by atoms with Crippen molar-refractivity contribution in [2.75, 3.05) is 0 Å². The normalized spacial score (nSPS) is 23.5. The number of fused-ring (bicyclic) bond motifs is 6. The molecule has 0 N–H and O–H groups in total. The smallest absolute Gasteiger partial charge is 0.417 e. The fraction of sp³-hybridized carbons (Fsp3) is 0.485. The number of ether oxygens (including phenoxy) is 2. The van der Waals surface area contributed by atoms with Crippen LogP contribution in [-0.4, -0.2) is 45.0 Å². The van der Waals surface area contributed by atoms with Crippen LogP contribution in [0, 0.1) is 23.2 Å². The predicted molar refractivity (Wildman–Crippen MR) is 161 cm³/mol. The Hall–Kier alpha value is -3.71. The highest BCUT2D eigenvalue weighted by atomic mass is 79.9. The molecule has 2 aliphatic carbocycles. The third-order valence-electron chi connectivity index (χ3n) is 8.10. The quantitative estimate of drug-likeness (QED) is 0.309. The van der Waals surface area contributed by atoms with Gasteiger partial charge in [-0.3, -0.25) is 9.59 Å². The SMILES string of the molecule is CC(C)(C)OC(=O)N1C(=O)CC2Cc3c(Br)cccc3C21.CC(C)(C)OC(=O)N1C(=O)CC2Cc3c(C#N)cccc3C21. The fourth-order valence-corrected chi connectivity index (χ4v) is 7.16. The molecule has 9 nitrogen and oxygen atoms in total. The van der Waals surface area contributed by atoms with Crippen LogP contribution in [0.5, 0.6) is 0 Å². The van der Waals surface area contributed by atoms with Crippen molar-refractivity contribution in [1.82, 2.24) is 9.80 Å². The molecule has 4 unspecified atom stereocenters. The Morgan fingerprint density at radius 3 is 1.67 bits per heavy atom. The number of rotatable bonds is 0. The Morgan fingerprint density at radius 1 is 0.767 bits per heavy atom. The molecule has 2 saturated heterocycles. The monoisotopic (exact) mass is 649 g/mol. The molecule has 43 heavy (non-hydrogen) atoms. The van der Waals surface area contributed by atoms with E-state index in [0.717, 1.165) is 27.6 Å². The van der Waals surface area contributed by atoms with Gasteiger partial charge in [-0.1, -0.05) is 40.2 Å². The maximum Gasteiger partial charge on any atom is 0.417 e. The number of amides is 4. The van der Waals surface area contributed by atoms with Crippen molar-refractivity contribution in [3.05, 3.63) is 68.7 Å². The van der Waals surface area contributed by atoms with Crippen molar-refractivity contribution in [1.29, 1.82) is 5.26 Å². The standard InChI is InChI=1S/C17H18N2O3.C16H18BrNO3/c1-17(2,3)22-16(21)19-14(20)8-11-7-13-10(9-18)5-4-6-12(13)15(11)19;1-16(2,3)21-15(20)18-13(19)8-9-7-11-10(14(9)18)5-4-6-12(11)17/h4-6,11,15H,7-8H2,1-3H3;4-6,9,14H,7-8H2,1-3H3. The molecule has 0 aromatic heterocycles. The van der Waals surface area contributed by atoms with Gasteiger partial charge >= 0.3 is 12.2 Å². The second kappa shape index (κ2) is 11.1. The summed E-state index contributed by atoms with van der Waals surface area (Å²) >= 11 is 3.56. The number of carbonyl (C=O) groups excluding carboxylic acids is 4.